The molecule has 7 nitrogen and oxygen atoms in total. The Morgan fingerprint density at radius 2 is 1.52 bits per heavy atom. The first-order valence-corrected chi connectivity index (χ1v) is 16.4. The summed E-state index contributed by atoms with van der Waals surface area (Å²) in [5.41, 5.74) is 5.66. The van der Waals surface area contributed by atoms with E-state index in [1.54, 1.807) is 11.0 Å². The van der Waals surface area contributed by atoms with Gasteiger partial charge in [0.2, 0.25) is 21.8 Å². The fourth-order valence-corrected chi connectivity index (χ4v) is 5.71. The molecule has 3 aromatic rings. The van der Waals surface area contributed by atoms with Crippen LogP contribution in [0.3, 0.4) is 0 Å². The number of anilines is 1. The van der Waals surface area contributed by atoms with E-state index >= 15 is 0 Å². The van der Waals surface area contributed by atoms with Crippen LogP contribution in [0, 0.1) is 26.7 Å². The normalized spacial score (nSPS) is 12.2. The average Bonchev–Trinajstić information content (AvgIpc) is 2.94. The summed E-state index contributed by atoms with van der Waals surface area (Å²) < 4.78 is 26.8. The van der Waals surface area contributed by atoms with E-state index in [0.29, 0.717) is 25.1 Å². The third kappa shape index (κ3) is 9.72. The average molecular weight is 592 g/mol. The number of benzene rings is 3. The fourth-order valence-electron chi connectivity index (χ4n) is 4.75. The summed E-state index contributed by atoms with van der Waals surface area (Å²) in [4.78, 5) is 29.2. The second kappa shape index (κ2) is 15.0. The summed E-state index contributed by atoms with van der Waals surface area (Å²) in [7, 11) is -3.56. The van der Waals surface area contributed by atoms with Gasteiger partial charge in [0.15, 0.2) is 0 Å². The number of rotatable bonds is 14. The highest BCUT2D eigenvalue weighted by atomic mass is 32.2. The molecule has 0 fully saturated rings. The van der Waals surface area contributed by atoms with Gasteiger partial charge in [-0.1, -0.05) is 80.1 Å². The summed E-state index contributed by atoms with van der Waals surface area (Å²) in [5.74, 6) is -0.120. The van der Waals surface area contributed by atoms with Crippen LogP contribution < -0.4 is 9.62 Å². The third-order valence-electron chi connectivity index (χ3n) is 7.36. The minimum Gasteiger partial charge on any atom is -0.354 e. The van der Waals surface area contributed by atoms with Crippen molar-refractivity contribution in [1.29, 1.82) is 0 Å². The van der Waals surface area contributed by atoms with Gasteiger partial charge in [-0.05, 0) is 67.5 Å². The van der Waals surface area contributed by atoms with Gasteiger partial charge in [-0.15, -0.1) is 0 Å². The van der Waals surface area contributed by atoms with E-state index < -0.39 is 16.1 Å². The second-order valence-electron chi connectivity index (χ2n) is 11.6. The van der Waals surface area contributed by atoms with Crippen LogP contribution in [0.1, 0.15) is 54.5 Å². The first kappa shape index (κ1) is 32.9. The maximum absolute atomic E-state index is 13.9. The van der Waals surface area contributed by atoms with Gasteiger partial charge in [0.1, 0.15) is 6.04 Å². The molecule has 0 aliphatic heterocycles. The van der Waals surface area contributed by atoms with Crippen molar-refractivity contribution < 1.29 is 18.0 Å². The first-order valence-electron chi connectivity index (χ1n) is 14.6. The highest BCUT2D eigenvalue weighted by Gasteiger charge is 2.30. The zero-order valence-corrected chi connectivity index (χ0v) is 26.6. The van der Waals surface area contributed by atoms with Crippen LogP contribution in [0.4, 0.5) is 5.69 Å². The van der Waals surface area contributed by atoms with Crippen molar-refractivity contribution in [3.05, 3.63) is 101 Å². The standard InChI is InChI=1S/C34H45N3O4S/c1-25(2)23-35-34(39)32(22-29-11-8-7-9-12-29)36(24-30-17-14-26(3)15-18-30)33(38)13-10-20-37(42(6,40)41)31-19-16-27(4)28(5)21-31/h7-9,11-12,14-19,21,25,32H,10,13,20,22-24H2,1-6H3,(H,35,39)/t32-/m0/s1. The number of sulfonamides is 1. The van der Waals surface area contributed by atoms with E-state index in [-0.39, 0.29) is 37.2 Å². The minimum absolute atomic E-state index is 0.103. The Labute approximate surface area is 252 Å². The number of aryl methyl sites for hydroxylation is 3. The number of carbonyl (C=O) groups excluding carboxylic acids is 2. The van der Waals surface area contributed by atoms with E-state index in [4.69, 9.17) is 0 Å². The molecule has 0 aliphatic rings. The van der Waals surface area contributed by atoms with Crippen LogP contribution in [-0.2, 0) is 32.6 Å². The summed E-state index contributed by atoms with van der Waals surface area (Å²) in [6, 6.07) is 22.5. The topological polar surface area (TPSA) is 86.8 Å². The maximum atomic E-state index is 13.9. The molecule has 0 radical (unpaired) electrons. The van der Waals surface area contributed by atoms with E-state index in [2.05, 4.69) is 5.32 Å². The van der Waals surface area contributed by atoms with E-state index in [9.17, 15) is 18.0 Å². The molecule has 0 saturated heterocycles. The number of nitrogens with zero attached hydrogens (tertiary/aromatic N) is 2. The summed E-state index contributed by atoms with van der Waals surface area (Å²) in [6.45, 7) is 10.9. The van der Waals surface area contributed by atoms with Gasteiger partial charge in [-0.25, -0.2) is 8.42 Å². The number of amides is 2. The van der Waals surface area contributed by atoms with Crippen LogP contribution in [0.15, 0.2) is 72.8 Å². The summed E-state index contributed by atoms with van der Waals surface area (Å²) in [5, 5.41) is 3.04. The van der Waals surface area contributed by atoms with Crippen molar-refractivity contribution in [1.82, 2.24) is 10.2 Å². The molecule has 0 saturated carbocycles. The molecular formula is C34H45N3O4S. The van der Waals surface area contributed by atoms with Gasteiger partial charge in [0.05, 0.1) is 11.9 Å². The lowest BCUT2D eigenvalue weighted by molar-refractivity contribution is -0.141. The Bertz CT molecular complexity index is 1440. The molecule has 0 aromatic heterocycles. The number of carbonyl (C=O) groups is 2. The second-order valence-corrected chi connectivity index (χ2v) is 13.5. The SMILES string of the molecule is Cc1ccc(CN(C(=O)CCCN(c2ccc(C)c(C)c2)S(C)(=O)=O)[C@@H](Cc2ccccc2)C(=O)NCC(C)C)cc1. The van der Waals surface area contributed by atoms with Crippen molar-refractivity contribution in [2.75, 3.05) is 23.7 Å². The van der Waals surface area contributed by atoms with Gasteiger partial charge in [-0.2, -0.15) is 0 Å². The monoisotopic (exact) mass is 591 g/mol. The van der Waals surface area contributed by atoms with Crippen LogP contribution in [0.25, 0.3) is 0 Å². The number of nitrogens with one attached hydrogen (secondary N) is 1. The van der Waals surface area contributed by atoms with Crippen LogP contribution in [0.5, 0.6) is 0 Å². The predicted molar refractivity (Wildman–Crippen MR) is 171 cm³/mol. The molecule has 3 aromatic carbocycles. The van der Waals surface area contributed by atoms with Gasteiger partial charge in [0.25, 0.3) is 0 Å². The zero-order valence-electron chi connectivity index (χ0n) is 25.8. The van der Waals surface area contributed by atoms with Gasteiger partial charge in [-0.3, -0.25) is 13.9 Å². The van der Waals surface area contributed by atoms with Gasteiger partial charge in [0, 0.05) is 32.5 Å². The lowest BCUT2D eigenvalue weighted by atomic mass is 10.0. The number of hydrogen-bond donors (Lipinski definition) is 1. The molecule has 0 bridgehead atoms. The van der Waals surface area contributed by atoms with E-state index in [0.717, 1.165) is 27.8 Å². The molecule has 0 spiro atoms. The lowest BCUT2D eigenvalue weighted by Gasteiger charge is -2.32. The summed E-state index contributed by atoms with van der Waals surface area (Å²) >= 11 is 0. The van der Waals surface area contributed by atoms with Gasteiger partial charge < -0.3 is 10.2 Å². The molecule has 0 unspecified atom stereocenters. The molecular weight excluding hydrogens is 546 g/mol. The highest BCUT2D eigenvalue weighted by molar-refractivity contribution is 7.92. The molecule has 2 amide bonds. The predicted octanol–water partition coefficient (Wildman–Crippen LogP) is 5.57. The Morgan fingerprint density at radius 3 is 2.12 bits per heavy atom. The lowest BCUT2D eigenvalue weighted by Crippen LogP contribution is -2.51. The molecule has 0 heterocycles. The van der Waals surface area contributed by atoms with Crippen molar-refractivity contribution >= 4 is 27.5 Å². The van der Waals surface area contributed by atoms with Crippen molar-refractivity contribution in [2.24, 2.45) is 5.92 Å². The van der Waals surface area contributed by atoms with Crippen molar-refractivity contribution in [2.45, 2.75) is 66.5 Å². The zero-order chi connectivity index (χ0) is 30.9. The van der Waals surface area contributed by atoms with Crippen molar-refractivity contribution in [3.63, 3.8) is 0 Å². The Morgan fingerprint density at radius 1 is 0.857 bits per heavy atom. The Balaban J connectivity index is 1.88. The van der Waals surface area contributed by atoms with E-state index in [1.165, 1.54) is 10.6 Å². The Hall–Kier alpha value is -3.65. The quantitative estimate of drug-likeness (QED) is 0.266. The molecule has 0 aliphatic carbocycles. The minimum atomic E-state index is -3.56. The maximum Gasteiger partial charge on any atom is 0.243 e. The van der Waals surface area contributed by atoms with Crippen LogP contribution >= 0.6 is 0 Å². The highest BCUT2D eigenvalue weighted by Crippen LogP contribution is 2.23. The van der Waals surface area contributed by atoms with E-state index in [1.807, 2.05) is 101 Å². The molecule has 42 heavy (non-hydrogen) atoms. The van der Waals surface area contributed by atoms with Crippen LogP contribution in [-0.4, -0.2) is 50.5 Å². The fraction of sp³-hybridized carbons (Fsp3) is 0.412. The molecule has 8 heteroatoms. The molecule has 1 atom stereocenters. The first-order chi connectivity index (χ1) is 19.8. The molecule has 226 valence electrons. The van der Waals surface area contributed by atoms with Crippen LogP contribution in [0.2, 0.25) is 0 Å². The smallest absolute Gasteiger partial charge is 0.243 e. The molecule has 3 rings (SSSR count). The third-order valence-corrected chi connectivity index (χ3v) is 8.55. The van der Waals surface area contributed by atoms with Crippen molar-refractivity contribution in [3.8, 4) is 0 Å². The van der Waals surface area contributed by atoms with Gasteiger partial charge >= 0.3 is 0 Å². The largest absolute Gasteiger partial charge is 0.354 e. The Kier molecular flexibility index (Phi) is 11.7. The summed E-state index contributed by atoms with van der Waals surface area (Å²) in [6.07, 6.45) is 1.98. The number of hydrogen-bond acceptors (Lipinski definition) is 4. The molecule has 1 N–H and O–H groups in total.